The van der Waals surface area contributed by atoms with Gasteiger partial charge in [0.2, 0.25) is 0 Å². The quantitative estimate of drug-likeness (QED) is 0.481. The molecule has 1 aromatic rings. The van der Waals surface area contributed by atoms with Gasteiger partial charge >= 0.3 is 0 Å². The van der Waals surface area contributed by atoms with Crippen LogP contribution in [0.1, 0.15) is 24.2 Å². The Morgan fingerprint density at radius 2 is 2.08 bits per heavy atom. The third-order valence-electron chi connectivity index (χ3n) is 3.42. The van der Waals surface area contributed by atoms with Crippen molar-refractivity contribution in [3.8, 4) is 11.5 Å². The average Bonchev–Trinajstić information content (AvgIpc) is 2.59. The van der Waals surface area contributed by atoms with Crippen LogP contribution in [0.25, 0.3) is 0 Å². The summed E-state index contributed by atoms with van der Waals surface area (Å²) in [5.74, 6) is -0.311. The molecule has 0 N–H and O–H groups in total. The minimum Gasteiger partial charge on any atom is -0.493 e. The monoisotopic (exact) mass is 389 g/mol. The number of alkyl halides is 1. The second-order valence-corrected chi connectivity index (χ2v) is 5.97. The lowest BCUT2D eigenvalue weighted by Crippen LogP contribution is -2.27. The zero-order valence-electron chi connectivity index (χ0n) is 14.7. The van der Waals surface area contributed by atoms with Gasteiger partial charge in [-0.2, -0.15) is 0 Å². The number of benzene rings is 1. The van der Waals surface area contributed by atoms with Crippen molar-refractivity contribution in [2.24, 2.45) is 0 Å². The Balaban J connectivity index is 3.03. The smallest absolute Gasteiger partial charge is 0.256 e. The second kappa shape index (κ2) is 10.3. The first-order valence-electron chi connectivity index (χ1n) is 7.73. The van der Waals surface area contributed by atoms with E-state index in [1.54, 1.807) is 32.2 Å². The molecule has 0 radical (unpaired) electrons. The van der Waals surface area contributed by atoms with Crippen LogP contribution < -0.4 is 9.47 Å². The summed E-state index contributed by atoms with van der Waals surface area (Å²) in [5.41, 5.74) is -0.0650. The molecule has 0 saturated heterocycles. The van der Waals surface area contributed by atoms with E-state index in [2.05, 4.69) is 0 Å². The third-order valence-corrected chi connectivity index (χ3v) is 3.85. The maximum absolute atomic E-state index is 14.3. The molecule has 138 valence electrons. The summed E-state index contributed by atoms with van der Waals surface area (Å²) in [4.78, 5) is 13.6. The zero-order valence-corrected chi connectivity index (χ0v) is 16.2. The molecule has 25 heavy (non-hydrogen) atoms. The Morgan fingerprint density at radius 1 is 1.40 bits per heavy atom. The van der Waals surface area contributed by atoms with Gasteiger partial charge in [0.25, 0.3) is 5.91 Å². The van der Waals surface area contributed by atoms with E-state index >= 15 is 0 Å². The minimum absolute atomic E-state index is 0.0650. The Hall–Kier alpha value is -1.72. The molecule has 1 amide bonds. The van der Waals surface area contributed by atoms with E-state index in [9.17, 15) is 9.18 Å². The van der Waals surface area contributed by atoms with Crippen molar-refractivity contribution in [2.45, 2.75) is 20.0 Å². The Morgan fingerprint density at radius 3 is 2.64 bits per heavy atom. The fourth-order valence-corrected chi connectivity index (χ4v) is 2.30. The highest BCUT2D eigenvalue weighted by Gasteiger charge is 2.20. The first-order valence-corrected chi connectivity index (χ1v) is 8.64. The average molecular weight is 390 g/mol. The summed E-state index contributed by atoms with van der Waals surface area (Å²) in [5, 5.41) is 0.479. The molecule has 0 bridgehead atoms. The number of hydrogen-bond acceptors (Lipinski definition) is 3. The van der Waals surface area contributed by atoms with Crippen LogP contribution in [0, 0.1) is 5.82 Å². The third kappa shape index (κ3) is 6.25. The molecule has 0 aromatic heterocycles. The van der Waals surface area contributed by atoms with Gasteiger partial charge in [0.05, 0.1) is 12.7 Å². The van der Waals surface area contributed by atoms with Gasteiger partial charge in [-0.1, -0.05) is 17.7 Å². The first-order chi connectivity index (χ1) is 11.8. The lowest BCUT2D eigenvalue weighted by Gasteiger charge is -2.18. The highest BCUT2D eigenvalue weighted by atomic mass is 35.5. The van der Waals surface area contributed by atoms with Crippen molar-refractivity contribution in [1.29, 1.82) is 0 Å². The van der Waals surface area contributed by atoms with Crippen molar-refractivity contribution >= 4 is 29.1 Å². The van der Waals surface area contributed by atoms with E-state index in [1.165, 1.54) is 18.1 Å². The Bertz CT molecular complexity index is 662. The van der Waals surface area contributed by atoms with Crippen LogP contribution in [0.5, 0.6) is 11.5 Å². The van der Waals surface area contributed by atoms with Gasteiger partial charge in [-0.15, -0.1) is 11.6 Å². The van der Waals surface area contributed by atoms with E-state index in [4.69, 9.17) is 32.7 Å². The van der Waals surface area contributed by atoms with E-state index < -0.39 is 17.8 Å². The van der Waals surface area contributed by atoms with Crippen molar-refractivity contribution < 1.29 is 18.7 Å². The summed E-state index contributed by atoms with van der Waals surface area (Å²) in [6, 6.07) is 2.49. The number of carbonyl (C=O) groups is 1. The molecular formula is C18H22Cl2FNO3. The number of hydrogen-bond donors (Lipinski definition) is 0. The highest BCUT2D eigenvalue weighted by molar-refractivity contribution is 6.31. The highest BCUT2D eigenvalue weighted by Crippen LogP contribution is 2.31. The standard InChI is InChI=1S/C18H22Cl2FNO3/c1-5-22(3)18(23)14-10-16(24-4)17(11-15(14)21)25-12(2)6-7-13(20)8-9-19/h6-8,10-12H,5,9H2,1-4H3/b7-6-,13-8+. The van der Waals surface area contributed by atoms with Crippen LogP contribution in [0.3, 0.4) is 0 Å². The number of carbonyl (C=O) groups excluding carboxylic acids is 1. The van der Waals surface area contributed by atoms with Crippen LogP contribution in [0.2, 0.25) is 0 Å². The van der Waals surface area contributed by atoms with Crippen LogP contribution in [-0.2, 0) is 0 Å². The summed E-state index contributed by atoms with van der Waals surface area (Å²) in [6.07, 6.45) is 4.58. The fraction of sp³-hybridized carbons (Fsp3) is 0.389. The van der Waals surface area contributed by atoms with Gasteiger partial charge in [-0.3, -0.25) is 4.79 Å². The van der Waals surface area contributed by atoms with Crippen molar-refractivity contribution in [1.82, 2.24) is 4.90 Å². The topological polar surface area (TPSA) is 38.8 Å². The van der Waals surface area contributed by atoms with Crippen LogP contribution in [0.15, 0.2) is 35.4 Å². The van der Waals surface area contributed by atoms with E-state index in [1.807, 2.05) is 6.92 Å². The normalized spacial score (nSPS) is 13.0. The molecule has 0 aliphatic heterocycles. The summed E-state index contributed by atoms with van der Waals surface area (Å²) >= 11 is 11.5. The van der Waals surface area contributed by atoms with E-state index in [0.29, 0.717) is 17.5 Å². The molecule has 1 aromatic carbocycles. The minimum atomic E-state index is -0.669. The molecule has 0 heterocycles. The fourth-order valence-electron chi connectivity index (χ4n) is 1.91. The SMILES string of the molecule is CCN(C)C(=O)c1cc(OC)c(OC(C)/C=C\C(Cl)=C/CCl)cc1F. The van der Waals surface area contributed by atoms with Crippen LogP contribution in [-0.4, -0.2) is 43.5 Å². The summed E-state index contributed by atoms with van der Waals surface area (Å²) in [7, 11) is 3.03. The number of allylic oxidation sites excluding steroid dienone is 3. The van der Waals surface area contributed by atoms with Crippen molar-refractivity contribution in [3.05, 3.63) is 46.8 Å². The molecule has 7 heteroatoms. The Labute approximate surface area is 157 Å². The van der Waals surface area contributed by atoms with Gasteiger partial charge in [0.1, 0.15) is 11.9 Å². The number of nitrogens with zero attached hydrogens (tertiary/aromatic N) is 1. The number of halogens is 3. The van der Waals surface area contributed by atoms with E-state index in [0.717, 1.165) is 6.07 Å². The Kier molecular flexibility index (Phi) is 8.79. The number of methoxy groups -OCH3 is 1. The first kappa shape index (κ1) is 21.3. The lowest BCUT2D eigenvalue weighted by molar-refractivity contribution is 0.0797. The van der Waals surface area contributed by atoms with Gasteiger partial charge in [-0.25, -0.2) is 4.39 Å². The zero-order chi connectivity index (χ0) is 19.0. The molecule has 0 fully saturated rings. The predicted octanol–water partition coefficient (Wildman–Crippen LogP) is 4.61. The molecule has 0 spiro atoms. The van der Waals surface area contributed by atoms with Gasteiger partial charge in [-0.05, 0) is 32.1 Å². The second-order valence-electron chi connectivity index (χ2n) is 5.23. The van der Waals surface area contributed by atoms with Gasteiger partial charge in [0.15, 0.2) is 11.5 Å². The van der Waals surface area contributed by atoms with Crippen LogP contribution >= 0.6 is 23.2 Å². The molecular weight excluding hydrogens is 368 g/mol. The molecule has 1 rings (SSSR count). The predicted molar refractivity (Wildman–Crippen MR) is 99.5 cm³/mol. The number of ether oxygens (including phenoxy) is 2. The number of amides is 1. The largest absolute Gasteiger partial charge is 0.493 e. The maximum atomic E-state index is 14.3. The maximum Gasteiger partial charge on any atom is 0.256 e. The van der Waals surface area contributed by atoms with Crippen LogP contribution in [0.4, 0.5) is 4.39 Å². The molecule has 4 nitrogen and oxygen atoms in total. The molecule has 1 atom stereocenters. The molecule has 0 saturated carbocycles. The van der Waals surface area contributed by atoms with Gasteiger partial charge < -0.3 is 14.4 Å². The van der Waals surface area contributed by atoms with Crippen molar-refractivity contribution in [2.75, 3.05) is 26.6 Å². The number of rotatable bonds is 8. The summed E-state index contributed by atoms with van der Waals surface area (Å²) in [6.45, 7) is 4.04. The lowest BCUT2D eigenvalue weighted by atomic mass is 10.1. The molecule has 1 unspecified atom stereocenters. The van der Waals surface area contributed by atoms with E-state index in [-0.39, 0.29) is 17.1 Å². The molecule has 0 aliphatic carbocycles. The summed E-state index contributed by atoms with van der Waals surface area (Å²) < 4.78 is 25.2. The van der Waals surface area contributed by atoms with Crippen molar-refractivity contribution in [3.63, 3.8) is 0 Å². The molecule has 0 aliphatic rings. The van der Waals surface area contributed by atoms with Gasteiger partial charge in [0, 0.05) is 30.6 Å².